The number of imide groups is 1. The molecule has 0 saturated carbocycles. The van der Waals surface area contributed by atoms with Crippen LogP contribution in [-0.2, 0) is 44.5 Å². The number of ether oxygens (including phenoxy) is 5. The van der Waals surface area contributed by atoms with Crippen molar-refractivity contribution >= 4 is 35.0 Å². The van der Waals surface area contributed by atoms with Crippen LogP contribution < -0.4 is 11.1 Å². The van der Waals surface area contributed by atoms with Gasteiger partial charge >= 0.3 is 0 Å². The first-order valence-corrected chi connectivity index (χ1v) is 17.3. The summed E-state index contributed by atoms with van der Waals surface area (Å²) in [5, 5.41) is 38.2. The summed E-state index contributed by atoms with van der Waals surface area (Å²) in [6.07, 6.45) is -2.96. The third kappa shape index (κ3) is 5.53. The summed E-state index contributed by atoms with van der Waals surface area (Å²) in [6.45, 7) is 2.37. The van der Waals surface area contributed by atoms with Gasteiger partial charge in [-0.25, -0.2) is 0 Å². The van der Waals surface area contributed by atoms with Crippen LogP contribution in [0.3, 0.4) is 0 Å². The number of aromatic hydroxyl groups is 2. The van der Waals surface area contributed by atoms with Crippen LogP contribution in [0.2, 0.25) is 0 Å². The smallest absolute Gasteiger partial charge is 0.253 e. The van der Waals surface area contributed by atoms with Crippen molar-refractivity contribution in [3.05, 3.63) is 63.7 Å². The molecule has 53 heavy (non-hydrogen) atoms. The molecular weight excluding hydrogens is 696 g/mol. The molecule has 0 spiro atoms. The number of anilines is 1. The molecule has 4 aliphatic heterocycles. The zero-order valence-corrected chi connectivity index (χ0v) is 28.8. The first-order valence-electron chi connectivity index (χ1n) is 17.3. The number of carbonyl (C=O) groups is 5. The van der Waals surface area contributed by atoms with E-state index in [0.29, 0.717) is 13.2 Å². The highest BCUT2D eigenvalue weighted by Gasteiger charge is 2.55. The molecule has 4 heterocycles. The van der Waals surface area contributed by atoms with Gasteiger partial charge in [0.15, 0.2) is 30.4 Å². The van der Waals surface area contributed by atoms with Gasteiger partial charge in [-0.1, -0.05) is 12.1 Å². The van der Waals surface area contributed by atoms with Crippen LogP contribution in [0.4, 0.5) is 5.69 Å². The fourth-order valence-corrected chi connectivity index (χ4v) is 8.49. The van der Waals surface area contributed by atoms with E-state index >= 15 is 0 Å². The Balaban J connectivity index is 1.14. The molecule has 0 bridgehead atoms. The molecule has 0 unspecified atom stereocenters. The molecule has 17 nitrogen and oxygen atoms in total. The fraction of sp³-hybridized carbons (Fsp3) is 0.472. The molecular formula is C36H38N4O13. The van der Waals surface area contributed by atoms with E-state index in [1.165, 1.54) is 25.3 Å². The average molecular weight is 735 g/mol. The topological polar surface area (TPSA) is 237 Å². The minimum Gasteiger partial charge on any atom is -0.507 e. The van der Waals surface area contributed by atoms with Gasteiger partial charge in [0.05, 0.1) is 35.5 Å². The van der Waals surface area contributed by atoms with E-state index in [-0.39, 0.29) is 59.6 Å². The number of hydrogen-bond acceptors (Lipinski definition) is 15. The Labute approximate surface area is 302 Å². The number of rotatable bonds is 7. The first-order chi connectivity index (χ1) is 25.3. The fourth-order valence-electron chi connectivity index (χ4n) is 8.49. The van der Waals surface area contributed by atoms with Crippen molar-refractivity contribution in [2.75, 3.05) is 39.1 Å². The number of ketones is 2. The molecule has 6 aliphatic rings. The SMILES string of the molecule is CO[C@H]1OCCN2[C@@H]1O[C@@H]1[C@H](C)O[C@@H](O[C@H]3C[C@](O)(C(=O)NCCN4C(=O)C=CC4=O)Cc4c(O)c5c(c(O)c43)C(=O)c3c(N)cccc3C5=O)C[C@@H]12. The van der Waals surface area contributed by atoms with E-state index in [4.69, 9.17) is 29.4 Å². The van der Waals surface area contributed by atoms with Gasteiger partial charge in [-0.15, -0.1) is 0 Å². The van der Waals surface area contributed by atoms with Crippen LogP contribution >= 0.6 is 0 Å². The summed E-state index contributed by atoms with van der Waals surface area (Å²) in [5.41, 5.74) is 2.35. The summed E-state index contributed by atoms with van der Waals surface area (Å²) in [7, 11) is 1.53. The first kappa shape index (κ1) is 35.3. The van der Waals surface area contributed by atoms with Crippen molar-refractivity contribution in [1.82, 2.24) is 15.1 Å². The summed E-state index contributed by atoms with van der Waals surface area (Å²) in [5.74, 6) is -4.96. The van der Waals surface area contributed by atoms with Crippen molar-refractivity contribution in [3.63, 3.8) is 0 Å². The molecule has 2 aliphatic carbocycles. The van der Waals surface area contributed by atoms with E-state index < -0.39 is 101 Å². The molecule has 8 rings (SSSR count). The van der Waals surface area contributed by atoms with E-state index in [1.54, 1.807) is 0 Å². The second-order valence-electron chi connectivity index (χ2n) is 14.0. The zero-order chi connectivity index (χ0) is 37.5. The maximum absolute atomic E-state index is 13.9. The van der Waals surface area contributed by atoms with Gasteiger partial charge in [0, 0.05) is 86.6 Å². The minimum absolute atomic E-state index is 0.00475. The van der Waals surface area contributed by atoms with Gasteiger partial charge in [-0.05, 0) is 13.0 Å². The van der Waals surface area contributed by atoms with Gasteiger partial charge in [-0.2, -0.15) is 0 Å². The monoisotopic (exact) mass is 734 g/mol. The normalized spacial score (nSPS) is 31.9. The number of methoxy groups -OCH3 is 1. The van der Waals surface area contributed by atoms with Crippen molar-refractivity contribution in [1.29, 1.82) is 0 Å². The average Bonchev–Trinajstić information content (AvgIpc) is 3.67. The summed E-state index contributed by atoms with van der Waals surface area (Å²) >= 11 is 0. The second kappa shape index (κ2) is 13.0. The summed E-state index contributed by atoms with van der Waals surface area (Å²) in [6, 6.07) is 4.08. The number of phenolic OH excluding ortho intramolecular Hbond substituents is 2. The predicted octanol–water partition coefficient (Wildman–Crippen LogP) is -0.235. The number of benzene rings is 2. The van der Waals surface area contributed by atoms with Crippen molar-refractivity contribution < 1.29 is 63.0 Å². The van der Waals surface area contributed by atoms with Gasteiger partial charge in [0.1, 0.15) is 23.2 Å². The summed E-state index contributed by atoms with van der Waals surface area (Å²) < 4.78 is 30.3. The lowest BCUT2D eigenvalue weighted by atomic mass is 9.72. The molecule has 0 aromatic heterocycles. The van der Waals surface area contributed by atoms with Crippen LogP contribution in [0.5, 0.6) is 11.5 Å². The summed E-state index contributed by atoms with van der Waals surface area (Å²) in [4.78, 5) is 68.5. The zero-order valence-electron chi connectivity index (χ0n) is 28.8. The Bertz CT molecular complexity index is 1970. The highest BCUT2D eigenvalue weighted by molar-refractivity contribution is 6.32. The number of aliphatic hydroxyl groups is 1. The molecule has 2 aromatic rings. The van der Waals surface area contributed by atoms with Crippen molar-refractivity contribution in [3.8, 4) is 11.5 Å². The number of phenols is 2. The number of nitrogens with one attached hydrogen (secondary N) is 1. The van der Waals surface area contributed by atoms with Gasteiger partial charge in [0.2, 0.25) is 0 Å². The van der Waals surface area contributed by atoms with E-state index in [2.05, 4.69) is 10.2 Å². The number of nitrogens with zero attached hydrogens (tertiary/aromatic N) is 2. The molecule has 3 fully saturated rings. The lowest BCUT2D eigenvalue weighted by Crippen LogP contribution is -2.55. The van der Waals surface area contributed by atoms with Crippen molar-refractivity contribution in [2.24, 2.45) is 0 Å². The number of morpholine rings is 1. The number of carbonyl (C=O) groups excluding carboxylic acids is 5. The van der Waals surface area contributed by atoms with E-state index in [1.807, 2.05) is 6.92 Å². The number of hydrogen-bond donors (Lipinski definition) is 5. The van der Waals surface area contributed by atoms with Crippen LogP contribution in [0.1, 0.15) is 68.8 Å². The Morgan fingerprint density at radius 3 is 2.53 bits per heavy atom. The number of amides is 3. The number of fused-ring (bicyclic) bond motifs is 6. The molecule has 2 aromatic carbocycles. The number of nitrogens with two attached hydrogens (primary N) is 1. The maximum Gasteiger partial charge on any atom is 0.253 e. The van der Waals surface area contributed by atoms with Crippen LogP contribution in [0, 0.1) is 0 Å². The highest BCUT2D eigenvalue weighted by atomic mass is 16.7. The second-order valence-corrected chi connectivity index (χ2v) is 14.0. The van der Waals surface area contributed by atoms with Gasteiger partial charge < -0.3 is 50.1 Å². The van der Waals surface area contributed by atoms with Crippen LogP contribution in [0.25, 0.3) is 0 Å². The highest BCUT2D eigenvalue weighted by Crippen LogP contribution is 2.52. The largest absolute Gasteiger partial charge is 0.507 e. The minimum atomic E-state index is -2.31. The predicted molar refractivity (Wildman–Crippen MR) is 178 cm³/mol. The Kier molecular flexibility index (Phi) is 8.64. The van der Waals surface area contributed by atoms with Crippen LogP contribution in [-0.4, -0.2) is 130 Å². The molecule has 8 atom stereocenters. The van der Waals surface area contributed by atoms with E-state index in [0.717, 1.165) is 17.1 Å². The third-order valence-corrected chi connectivity index (χ3v) is 11.0. The molecule has 6 N–H and O–H groups in total. The van der Waals surface area contributed by atoms with Crippen LogP contribution in [0.15, 0.2) is 30.4 Å². The van der Waals surface area contributed by atoms with Crippen molar-refractivity contribution in [2.45, 2.75) is 74.9 Å². The molecule has 0 radical (unpaired) electrons. The Morgan fingerprint density at radius 1 is 1.06 bits per heavy atom. The quantitative estimate of drug-likeness (QED) is 0.120. The van der Waals surface area contributed by atoms with E-state index in [9.17, 15) is 39.3 Å². The standard InChI is InChI=1S/C36H38N4O13/c1-15-32-19(39-10-11-50-34(49-2)33(39)53-32)12-23(51-15)52-20-14-36(48,35(47)38-8-9-40-21(41)6-7-22(40)42)13-17-25(20)31(46)27-26(29(17)44)28(43)16-4-3-5-18(37)24(16)30(27)45/h3-7,15,19-20,23,32-34,44,46,48H,8-14,37H2,1-2H3,(H,38,47)/t15-,19-,20-,23-,32+,33+,34-,36-/m0/s1. The lowest BCUT2D eigenvalue weighted by Gasteiger charge is -2.43. The lowest BCUT2D eigenvalue weighted by molar-refractivity contribution is -0.256. The molecule has 3 saturated heterocycles. The number of nitrogen functional groups attached to an aromatic ring is 1. The Morgan fingerprint density at radius 2 is 1.79 bits per heavy atom. The Hall–Kier alpha value is -4.75. The third-order valence-electron chi connectivity index (χ3n) is 11.0. The molecule has 280 valence electrons. The van der Waals surface area contributed by atoms with Gasteiger partial charge in [0.25, 0.3) is 17.7 Å². The maximum atomic E-state index is 13.9. The van der Waals surface area contributed by atoms with Gasteiger partial charge in [-0.3, -0.25) is 33.8 Å². The molecule has 17 heteroatoms. The molecule has 3 amide bonds.